The minimum absolute atomic E-state index is 0. The highest BCUT2D eigenvalue weighted by molar-refractivity contribution is 7.59. The largest absolute Gasteiger partial charge is 0.392 e. The van der Waals surface area contributed by atoms with Gasteiger partial charge in [0.1, 0.15) is 11.6 Å². The second-order valence-corrected chi connectivity index (χ2v) is 8.69. The minimum atomic E-state index is -0.700. The molecule has 0 bridgehead atoms. The molecule has 0 radical (unpaired) electrons. The van der Waals surface area contributed by atoms with E-state index in [4.69, 9.17) is 11.6 Å². The lowest BCUT2D eigenvalue weighted by Crippen LogP contribution is -2.36. The Kier molecular flexibility index (Phi) is 8.42. The maximum Gasteiger partial charge on any atom is 0.260 e. The molecule has 0 saturated heterocycles. The van der Waals surface area contributed by atoms with E-state index >= 15 is 0 Å². The van der Waals surface area contributed by atoms with Crippen molar-refractivity contribution >= 4 is 48.2 Å². The van der Waals surface area contributed by atoms with Gasteiger partial charge in [0, 0.05) is 49.7 Å². The first-order chi connectivity index (χ1) is 16.3. The number of halogens is 2. The summed E-state index contributed by atoms with van der Waals surface area (Å²) in [6.07, 6.45) is 3.01. The normalized spacial score (nSPS) is 13.5. The highest BCUT2D eigenvalue weighted by atomic mass is 35.5. The van der Waals surface area contributed by atoms with Crippen molar-refractivity contribution in [3.63, 3.8) is 0 Å². The maximum absolute atomic E-state index is 14.7. The molecular formula is C24H27ClFN5O3S. The van der Waals surface area contributed by atoms with Crippen molar-refractivity contribution in [2.45, 2.75) is 26.0 Å². The number of benzene rings is 1. The topological polar surface area (TPSA) is 99.5 Å². The number of fused-ring (bicyclic) bond motifs is 1. The molecule has 1 amide bonds. The molecule has 3 heterocycles. The fourth-order valence-corrected chi connectivity index (χ4v) is 4.17. The summed E-state index contributed by atoms with van der Waals surface area (Å²) >= 11 is 6.09. The summed E-state index contributed by atoms with van der Waals surface area (Å²) in [6, 6.07) is 7.31. The number of aliphatic hydroxyl groups is 1. The van der Waals surface area contributed by atoms with Crippen LogP contribution in [0.3, 0.4) is 0 Å². The van der Waals surface area contributed by atoms with E-state index in [1.807, 2.05) is 11.9 Å². The van der Waals surface area contributed by atoms with Crippen LogP contribution in [0.5, 0.6) is 0 Å². The lowest BCUT2D eigenvalue weighted by atomic mass is 10.0. The number of nitrogens with zero attached hydrogens (tertiary/aromatic N) is 3. The molecule has 1 aliphatic rings. The number of aromatic nitrogens is 2. The molecule has 0 aliphatic carbocycles. The van der Waals surface area contributed by atoms with Gasteiger partial charge in [0.25, 0.3) is 11.5 Å². The number of hydrogen-bond acceptors (Lipinski definition) is 6. The van der Waals surface area contributed by atoms with Gasteiger partial charge in [-0.2, -0.15) is 13.5 Å². The van der Waals surface area contributed by atoms with E-state index in [1.165, 1.54) is 30.6 Å². The van der Waals surface area contributed by atoms with Crippen molar-refractivity contribution in [2.75, 3.05) is 30.4 Å². The Morgan fingerprint density at radius 1 is 1.23 bits per heavy atom. The fourth-order valence-electron chi connectivity index (χ4n) is 4.00. The number of rotatable bonds is 6. The summed E-state index contributed by atoms with van der Waals surface area (Å²) in [7, 11) is 1.87. The predicted octanol–water partition coefficient (Wildman–Crippen LogP) is 3.51. The van der Waals surface area contributed by atoms with E-state index in [-0.39, 0.29) is 42.3 Å². The monoisotopic (exact) mass is 519 g/mol. The van der Waals surface area contributed by atoms with Gasteiger partial charge in [-0.3, -0.25) is 19.1 Å². The molecule has 3 aromatic rings. The Labute approximate surface area is 214 Å². The first-order valence-electron chi connectivity index (χ1n) is 10.9. The van der Waals surface area contributed by atoms with E-state index in [0.29, 0.717) is 28.8 Å². The molecule has 1 aromatic carbocycles. The van der Waals surface area contributed by atoms with Crippen molar-refractivity contribution in [3.8, 4) is 11.1 Å². The van der Waals surface area contributed by atoms with E-state index < -0.39 is 17.8 Å². The number of nitrogens with one attached hydrogen (secondary N) is 2. The number of anilines is 3. The lowest BCUT2D eigenvalue weighted by molar-refractivity contribution is 0.0924. The van der Waals surface area contributed by atoms with Gasteiger partial charge in [-0.1, -0.05) is 11.6 Å². The molecule has 4 rings (SSSR count). The van der Waals surface area contributed by atoms with Gasteiger partial charge >= 0.3 is 0 Å². The van der Waals surface area contributed by atoms with E-state index in [2.05, 4.69) is 15.6 Å². The van der Waals surface area contributed by atoms with Crippen LogP contribution in [-0.2, 0) is 6.54 Å². The van der Waals surface area contributed by atoms with Crippen LogP contribution in [0.1, 0.15) is 23.7 Å². The van der Waals surface area contributed by atoms with Crippen molar-refractivity contribution in [1.29, 1.82) is 0 Å². The number of carbonyl (C=O) groups is 1. The molecule has 0 fully saturated rings. The molecule has 186 valence electrons. The molecule has 0 spiro atoms. The molecule has 8 nitrogen and oxygen atoms in total. The van der Waals surface area contributed by atoms with Crippen LogP contribution in [0.25, 0.3) is 11.1 Å². The van der Waals surface area contributed by atoms with Crippen LogP contribution in [0.4, 0.5) is 21.6 Å². The third-order valence-corrected chi connectivity index (χ3v) is 5.84. The van der Waals surface area contributed by atoms with Crippen LogP contribution in [0, 0.1) is 5.82 Å². The van der Waals surface area contributed by atoms with Crippen molar-refractivity contribution in [2.24, 2.45) is 0 Å². The molecule has 3 N–H and O–H groups in total. The second-order valence-electron chi connectivity index (χ2n) is 8.26. The smallest absolute Gasteiger partial charge is 0.260 e. The first-order valence-corrected chi connectivity index (χ1v) is 11.3. The average Bonchev–Trinajstić information content (AvgIpc) is 2.81. The van der Waals surface area contributed by atoms with Gasteiger partial charge in [-0.15, -0.1) is 0 Å². The van der Waals surface area contributed by atoms with E-state index in [0.717, 1.165) is 13.0 Å². The van der Waals surface area contributed by atoms with Gasteiger partial charge in [0.15, 0.2) is 0 Å². The maximum atomic E-state index is 14.7. The number of pyridine rings is 2. The molecule has 1 aliphatic heterocycles. The van der Waals surface area contributed by atoms with Crippen molar-refractivity contribution in [3.05, 3.63) is 69.5 Å². The van der Waals surface area contributed by atoms with Gasteiger partial charge in [-0.25, -0.2) is 4.39 Å². The summed E-state index contributed by atoms with van der Waals surface area (Å²) in [5.74, 6) is -0.332. The van der Waals surface area contributed by atoms with Gasteiger partial charge in [0.2, 0.25) is 0 Å². The number of amides is 1. The van der Waals surface area contributed by atoms with E-state index in [1.54, 1.807) is 23.6 Å². The zero-order valence-corrected chi connectivity index (χ0v) is 21.1. The molecule has 11 heteroatoms. The van der Waals surface area contributed by atoms with Crippen LogP contribution >= 0.6 is 25.1 Å². The predicted molar refractivity (Wildman–Crippen MR) is 141 cm³/mol. The zero-order valence-electron chi connectivity index (χ0n) is 19.3. The highest BCUT2D eigenvalue weighted by Gasteiger charge is 2.24. The van der Waals surface area contributed by atoms with Gasteiger partial charge in [0.05, 0.1) is 28.6 Å². The molecule has 0 saturated carbocycles. The summed E-state index contributed by atoms with van der Waals surface area (Å²) in [5, 5.41) is 15.7. The summed E-state index contributed by atoms with van der Waals surface area (Å²) < 4.78 is 16.3. The van der Waals surface area contributed by atoms with Crippen LogP contribution < -0.4 is 21.1 Å². The number of aliphatic hydroxyl groups excluding tert-OH is 1. The summed E-state index contributed by atoms with van der Waals surface area (Å²) in [5.41, 5.74) is 1.20. The van der Waals surface area contributed by atoms with Crippen LogP contribution in [0.2, 0.25) is 5.02 Å². The van der Waals surface area contributed by atoms with Crippen molar-refractivity contribution in [1.82, 2.24) is 14.9 Å². The fraction of sp³-hybridized carbons (Fsp3) is 0.292. The standard InChI is InChI=1S/C24H25ClFN5O3.H2S/c1-14(32)12-28-22(33)18-13-27-7-6-20(18)29-21-11-17(16-10-15(25)4-5-19(16)26)24(34)31-9-3-8-30(2)23(21)31;/h4-7,10-11,13-14,32H,3,8-9,12H2,1-2H3,(H,27,29)(H,28,33);1H2/t14-;/m0./s1. The molecule has 35 heavy (non-hydrogen) atoms. The van der Waals surface area contributed by atoms with Crippen LogP contribution in [-0.4, -0.2) is 46.8 Å². The summed E-state index contributed by atoms with van der Waals surface area (Å²) in [6.45, 7) is 2.87. The van der Waals surface area contributed by atoms with Crippen molar-refractivity contribution < 1.29 is 14.3 Å². The Morgan fingerprint density at radius 2 is 2.00 bits per heavy atom. The number of hydrogen-bond donors (Lipinski definition) is 3. The average molecular weight is 520 g/mol. The Morgan fingerprint density at radius 3 is 2.74 bits per heavy atom. The Bertz CT molecular complexity index is 1300. The Balaban J connectivity index is 0.00000342. The van der Waals surface area contributed by atoms with E-state index in [9.17, 15) is 19.1 Å². The summed E-state index contributed by atoms with van der Waals surface area (Å²) in [4.78, 5) is 32.0. The Hall–Kier alpha value is -3.08. The second kappa shape index (κ2) is 11.1. The van der Waals surface area contributed by atoms with Gasteiger partial charge < -0.3 is 20.6 Å². The third-order valence-electron chi connectivity index (χ3n) is 5.61. The minimum Gasteiger partial charge on any atom is -0.392 e. The quantitative estimate of drug-likeness (QED) is 0.461. The number of carbonyl (C=O) groups excluding carboxylic acids is 1. The van der Waals surface area contributed by atoms with Crippen LogP contribution in [0.15, 0.2) is 47.5 Å². The zero-order chi connectivity index (χ0) is 24.4. The molecule has 0 unspecified atom stereocenters. The first kappa shape index (κ1) is 26.5. The molecule has 1 atom stereocenters. The lowest BCUT2D eigenvalue weighted by Gasteiger charge is -2.32. The van der Waals surface area contributed by atoms with Gasteiger partial charge in [-0.05, 0) is 43.7 Å². The third kappa shape index (κ3) is 5.61. The SMILES string of the molecule is C[C@H](O)CNC(=O)c1cnccc1Nc1cc(-c2cc(Cl)ccc2F)c(=O)n2c1N(C)CCC2.S. The molecular weight excluding hydrogens is 493 g/mol. The highest BCUT2D eigenvalue weighted by Crippen LogP contribution is 2.35. The molecule has 2 aromatic heterocycles.